The Kier molecular flexibility index (Phi) is 10.5. The number of amides is 1. The maximum absolute atomic E-state index is 13.3. The van der Waals surface area contributed by atoms with E-state index in [-0.39, 0.29) is 18.7 Å². The Hall–Kier alpha value is -2.72. The van der Waals surface area contributed by atoms with Crippen molar-refractivity contribution in [3.8, 4) is 0 Å². The lowest BCUT2D eigenvalue weighted by Crippen LogP contribution is -2.56. The molecule has 0 unspecified atom stereocenters. The zero-order valence-corrected chi connectivity index (χ0v) is 23.9. The van der Waals surface area contributed by atoms with Gasteiger partial charge >= 0.3 is 18.0 Å². The molecule has 0 radical (unpaired) electrons. The third-order valence-electron chi connectivity index (χ3n) is 7.87. The van der Waals surface area contributed by atoms with Gasteiger partial charge in [-0.1, -0.05) is 33.1 Å². The molecular formula is C27H45N5O6. The summed E-state index contributed by atoms with van der Waals surface area (Å²) < 4.78 is 18.0. The van der Waals surface area contributed by atoms with E-state index < -0.39 is 17.7 Å². The van der Waals surface area contributed by atoms with E-state index in [1.54, 1.807) is 4.90 Å². The number of tetrazole rings is 1. The van der Waals surface area contributed by atoms with Gasteiger partial charge in [-0.15, -0.1) is 5.10 Å². The van der Waals surface area contributed by atoms with Gasteiger partial charge in [0.25, 0.3) is 0 Å². The summed E-state index contributed by atoms with van der Waals surface area (Å²) in [5.41, 5.74) is -0.638. The molecule has 2 aliphatic rings. The molecule has 214 valence electrons. The third-order valence-corrected chi connectivity index (χ3v) is 7.87. The quantitative estimate of drug-likeness (QED) is 0.321. The van der Waals surface area contributed by atoms with Crippen molar-refractivity contribution in [1.29, 1.82) is 0 Å². The molecule has 1 aromatic heterocycles. The fourth-order valence-electron chi connectivity index (χ4n) is 5.56. The number of carbonyl (C=O) groups excluding carboxylic acids is 3. The van der Waals surface area contributed by atoms with Gasteiger partial charge < -0.3 is 14.2 Å². The SMILES string of the molecule is CCC(CC)COC(=O)[C@@H]1C[C@H]2C[C@@H](CCc3nnnn3COC(C)=O)CC[C@H]2CN1C(=O)OC(C)(C)C. The molecule has 0 N–H and O–H groups in total. The summed E-state index contributed by atoms with van der Waals surface area (Å²) in [7, 11) is 0. The van der Waals surface area contributed by atoms with Gasteiger partial charge in [-0.25, -0.2) is 9.59 Å². The van der Waals surface area contributed by atoms with Gasteiger partial charge in [0.05, 0.1) is 6.61 Å². The van der Waals surface area contributed by atoms with Crippen molar-refractivity contribution in [2.24, 2.45) is 23.7 Å². The number of likely N-dealkylation sites (tertiary alicyclic amines) is 1. The van der Waals surface area contributed by atoms with Crippen LogP contribution >= 0.6 is 0 Å². The van der Waals surface area contributed by atoms with Crippen molar-refractivity contribution in [3.05, 3.63) is 5.82 Å². The van der Waals surface area contributed by atoms with Gasteiger partial charge in [0.15, 0.2) is 12.6 Å². The molecule has 1 aliphatic heterocycles. The number of esters is 2. The first-order valence-corrected chi connectivity index (χ1v) is 14.0. The first kappa shape index (κ1) is 29.8. The van der Waals surface area contributed by atoms with Crippen LogP contribution in [0.4, 0.5) is 4.79 Å². The van der Waals surface area contributed by atoms with Crippen LogP contribution in [0.3, 0.4) is 0 Å². The van der Waals surface area contributed by atoms with Crippen LogP contribution in [0.5, 0.6) is 0 Å². The van der Waals surface area contributed by atoms with Crippen LogP contribution in [0.2, 0.25) is 0 Å². The largest absolute Gasteiger partial charge is 0.464 e. The average Bonchev–Trinajstić information content (AvgIpc) is 3.32. The molecule has 11 nitrogen and oxygen atoms in total. The zero-order valence-electron chi connectivity index (χ0n) is 23.9. The minimum atomic E-state index is -0.638. The van der Waals surface area contributed by atoms with Crippen LogP contribution in [0.15, 0.2) is 0 Å². The molecule has 38 heavy (non-hydrogen) atoms. The molecule has 11 heteroatoms. The normalized spacial score (nSPS) is 23.6. The fourth-order valence-corrected chi connectivity index (χ4v) is 5.56. The van der Waals surface area contributed by atoms with Crippen molar-refractivity contribution >= 4 is 18.0 Å². The first-order chi connectivity index (χ1) is 18.0. The van der Waals surface area contributed by atoms with Crippen LogP contribution in [0.1, 0.15) is 92.3 Å². The maximum atomic E-state index is 13.3. The summed E-state index contributed by atoms with van der Waals surface area (Å²) in [6.45, 7) is 12.0. The molecule has 1 aliphatic carbocycles. The summed E-state index contributed by atoms with van der Waals surface area (Å²) in [5, 5.41) is 11.7. The Balaban J connectivity index is 1.64. The molecule has 3 rings (SSSR count). The molecule has 1 saturated heterocycles. The lowest BCUT2D eigenvalue weighted by molar-refractivity contribution is -0.155. The Morgan fingerprint density at radius 3 is 2.45 bits per heavy atom. The number of carbonyl (C=O) groups is 3. The monoisotopic (exact) mass is 535 g/mol. The fraction of sp³-hybridized carbons (Fsp3) is 0.852. The molecule has 2 heterocycles. The molecule has 1 saturated carbocycles. The van der Waals surface area contributed by atoms with E-state index in [0.717, 1.165) is 38.5 Å². The molecule has 1 aromatic rings. The van der Waals surface area contributed by atoms with Crippen molar-refractivity contribution in [2.45, 2.75) is 111 Å². The Morgan fingerprint density at radius 2 is 1.79 bits per heavy atom. The second kappa shape index (κ2) is 13.4. The topological polar surface area (TPSA) is 126 Å². The van der Waals surface area contributed by atoms with Crippen molar-refractivity contribution in [2.75, 3.05) is 13.2 Å². The van der Waals surface area contributed by atoms with Gasteiger partial charge in [0.2, 0.25) is 0 Å². The highest BCUT2D eigenvalue weighted by Gasteiger charge is 2.45. The van der Waals surface area contributed by atoms with E-state index >= 15 is 0 Å². The standard InChI is InChI=1S/C27H45N5O6/c1-7-19(8-2)16-36-25(34)23-14-22-13-20(10-12-24-28-29-30-32(24)17-37-18(3)33)9-11-21(22)15-31(23)26(35)38-27(4,5)6/h19-23H,7-17H2,1-6H3/t20-,21+,22-,23+/m1/s1. The Bertz CT molecular complexity index is 941. The van der Waals surface area contributed by atoms with Gasteiger partial charge in [0, 0.05) is 19.9 Å². The summed E-state index contributed by atoms with van der Waals surface area (Å²) in [5.74, 6) is 1.43. The van der Waals surface area contributed by atoms with Crippen LogP contribution in [0.25, 0.3) is 0 Å². The number of aryl methyl sites for hydroxylation is 1. The highest BCUT2D eigenvalue weighted by atomic mass is 16.6. The Labute approximate surface area is 225 Å². The lowest BCUT2D eigenvalue weighted by atomic mass is 9.68. The summed E-state index contributed by atoms with van der Waals surface area (Å²) in [6, 6.07) is -0.629. The third kappa shape index (κ3) is 8.39. The van der Waals surface area contributed by atoms with Gasteiger partial charge in [0.1, 0.15) is 11.6 Å². The van der Waals surface area contributed by atoms with E-state index in [0.29, 0.717) is 55.5 Å². The molecule has 2 fully saturated rings. The van der Waals surface area contributed by atoms with E-state index in [9.17, 15) is 14.4 Å². The van der Waals surface area contributed by atoms with E-state index in [4.69, 9.17) is 14.2 Å². The van der Waals surface area contributed by atoms with Crippen molar-refractivity contribution in [3.63, 3.8) is 0 Å². The summed E-state index contributed by atoms with van der Waals surface area (Å²) >= 11 is 0. The number of hydrogen-bond donors (Lipinski definition) is 0. The maximum Gasteiger partial charge on any atom is 0.411 e. The minimum absolute atomic E-state index is 0.00818. The van der Waals surface area contributed by atoms with Crippen molar-refractivity contribution < 1.29 is 28.6 Å². The average molecular weight is 536 g/mol. The molecule has 0 bridgehead atoms. The second-order valence-electron chi connectivity index (χ2n) is 11.8. The molecule has 0 aromatic carbocycles. The number of rotatable bonds is 10. The molecule has 1 amide bonds. The van der Waals surface area contributed by atoms with E-state index in [2.05, 4.69) is 29.4 Å². The molecule has 0 spiro atoms. The smallest absolute Gasteiger partial charge is 0.411 e. The second-order valence-corrected chi connectivity index (χ2v) is 11.8. The van der Waals surface area contributed by atoms with Gasteiger partial charge in [-0.05, 0) is 80.6 Å². The summed E-state index contributed by atoms with van der Waals surface area (Å²) in [6.07, 6.45) is 6.64. The number of aromatic nitrogens is 4. The van der Waals surface area contributed by atoms with Crippen LogP contribution in [-0.2, 0) is 37.0 Å². The highest BCUT2D eigenvalue weighted by Crippen LogP contribution is 2.43. The predicted molar refractivity (Wildman–Crippen MR) is 139 cm³/mol. The summed E-state index contributed by atoms with van der Waals surface area (Å²) in [4.78, 5) is 39.1. The zero-order chi connectivity index (χ0) is 27.9. The minimum Gasteiger partial charge on any atom is -0.464 e. The van der Waals surface area contributed by atoms with E-state index in [1.165, 1.54) is 11.6 Å². The lowest BCUT2D eigenvalue weighted by Gasteiger charge is -2.46. The number of nitrogens with zero attached hydrogens (tertiary/aromatic N) is 5. The molecule has 4 atom stereocenters. The van der Waals surface area contributed by atoms with Crippen molar-refractivity contribution in [1.82, 2.24) is 25.1 Å². The van der Waals surface area contributed by atoms with Crippen LogP contribution in [-0.4, -0.2) is 67.9 Å². The number of piperidine rings is 1. The Morgan fingerprint density at radius 1 is 1.05 bits per heavy atom. The number of ether oxygens (including phenoxy) is 3. The van der Waals surface area contributed by atoms with Gasteiger partial charge in [-0.3, -0.25) is 9.69 Å². The first-order valence-electron chi connectivity index (χ1n) is 14.0. The van der Waals surface area contributed by atoms with Crippen LogP contribution in [0, 0.1) is 23.7 Å². The van der Waals surface area contributed by atoms with E-state index in [1.807, 2.05) is 20.8 Å². The molecular weight excluding hydrogens is 490 g/mol. The number of hydrogen-bond acceptors (Lipinski definition) is 9. The van der Waals surface area contributed by atoms with Crippen LogP contribution < -0.4 is 0 Å². The highest BCUT2D eigenvalue weighted by molar-refractivity contribution is 5.82. The van der Waals surface area contributed by atoms with Gasteiger partial charge in [-0.2, -0.15) is 4.68 Å². The predicted octanol–water partition coefficient (Wildman–Crippen LogP) is 4.15. The number of fused-ring (bicyclic) bond motifs is 1.